The standard InChI is InChI=1S/C12H16F3N5/c1-7(2)8(6-16)18-11-9-5-10(12(13,14)15)19-20(9)4-3-17-11/h3-5,7-8H,6,16H2,1-2H3,(H,17,18). The van der Waals surface area contributed by atoms with Crippen LogP contribution in [0.4, 0.5) is 19.0 Å². The van der Waals surface area contributed by atoms with Gasteiger partial charge in [0.1, 0.15) is 5.52 Å². The summed E-state index contributed by atoms with van der Waals surface area (Å²) >= 11 is 0. The first-order valence-corrected chi connectivity index (χ1v) is 6.21. The second-order valence-corrected chi connectivity index (χ2v) is 4.86. The molecular weight excluding hydrogens is 271 g/mol. The van der Waals surface area contributed by atoms with Crippen molar-refractivity contribution in [3.63, 3.8) is 0 Å². The van der Waals surface area contributed by atoms with E-state index in [1.165, 1.54) is 12.4 Å². The first kappa shape index (κ1) is 14.6. The van der Waals surface area contributed by atoms with Crippen LogP contribution in [0.3, 0.4) is 0 Å². The molecule has 8 heteroatoms. The van der Waals surface area contributed by atoms with E-state index in [1.54, 1.807) is 0 Å². The quantitative estimate of drug-likeness (QED) is 0.904. The van der Waals surface area contributed by atoms with Gasteiger partial charge in [-0.3, -0.25) is 0 Å². The molecule has 0 aliphatic carbocycles. The van der Waals surface area contributed by atoms with E-state index in [4.69, 9.17) is 5.73 Å². The molecule has 0 aromatic carbocycles. The summed E-state index contributed by atoms with van der Waals surface area (Å²) in [4.78, 5) is 4.08. The van der Waals surface area contributed by atoms with Crippen LogP contribution < -0.4 is 11.1 Å². The Bertz CT molecular complexity index is 590. The number of anilines is 1. The molecule has 5 nitrogen and oxygen atoms in total. The molecule has 0 radical (unpaired) electrons. The molecule has 20 heavy (non-hydrogen) atoms. The molecule has 1 atom stereocenters. The smallest absolute Gasteiger partial charge is 0.364 e. The molecule has 0 aliphatic rings. The third kappa shape index (κ3) is 2.84. The molecule has 0 saturated heterocycles. The van der Waals surface area contributed by atoms with E-state index in [0.717, 1.165) is 10.6 Å². The van der Waals surface area contributed by atoms with Crippen LogP contribution in [0.2, 0.25) is 0 Å². The van der Waals surface area contributed by atoms with Gasteiger partial charge in [0.15, 0.2) is 11.5 Å². The summed E-state index contributed by atoms with van der Waals surface area (Å²) in [5, 5.41) is 6.57. The molecule has 0 fully saturated rings. The Morgan fingerprint density at radius 2 is 2.10 bits per heavy atom. The zero-order chi connectivity index (χ0) is 14.9. The highest BCUT2D eigenvalue weighted by Crippen LogP contribution is 2.30. The topological polar surface area (TPSA) is 68.2 Å². The fourth-order valence-electron chi connectivity index (χ4n) is 1.85. The van der Waals surface area contributed by atoms with E-state index in [0.29, 0.717) is 12.4 Å². The maximum absolute atomic E-state index is 12.7. The van der Waals surface area contributed by atoms with Crippen molar-refractivity contribution in [3.05, 3.63) is 24.2 Å². The number of fused-ring (bicyclic) bond motifs is 1. The molecule has 0 spiro atoms. The minimum atomic E-state index is -4.48. The van der Waals surface area contributed by atoms with Gasteiger partial charge in [0.25, 0.3) is 0 Å². The number of rotatable bonds is 4. The van der Waals surface area contributed by atoms with Crippen LogP contribution in [0.1, 0.15) is 19.5 Å². The summed E-state index contributed by atoms with van der Waals surface area (Å²) in [7, 11) is 0. The molecule has 0 amide bonds. The van der Waals surface area contributed by atoms with E-state index in [9.17, 15) is 13.2 Å². The predicted molar refractivity (Wildman–Crippen MR) is 69.3 cm³/mol. The molecule has 0 aliphatic heterocycles. The maximum Gasteiger partial charge on any atom is 0.435 e. The minimum absolute atomic E-state index is 0.0714. The fraction of sp³-hybridized carbons (Fsp3) is 0.500. The van der Waals surface area contributed by atoms with Crippen LogP contribution in [-0.4, -0.2) is 27.2 Å². The van der Waals surface area contributed by atoms with Crippen molar-refractivity contribution in [2.75, 3.05) is 11.9 Å². The van der Waals surface area contributed by atoms with E-state index in [1.807, 2.05) is 13.8 Å². The molecular formula is C12H16F3N5. The van der Waals surface area contributed by atoms with Gasteiger partial charge < -0.3 is 11.1 Å². The SMILES string of the molecule is CC(C)C(CN)Nc1nccn2nc(C(F)(F)F)cc12. The molecule has 2 heterocycles. The number of aromatic nitrogens is 3. The van der Waals surface area contributed by atoms with Gasteiger partial charge in [-0.1, -0.05) is 13.8 Å². The van der Waals surface area contributed by atoms with E-state index in [2.05, 4.69) is 15.4 Å². The summed E-state index contributed by atoms with van der Waals surface area (Å²) in [5.74, 6) is 0.576. The Kier molecular flexibility index (Phi) is 3.85. The zero-order valence-electron chi connectivity index (χ0n) is 11.1. The number of hydrogen-bond donors (Lipinski definition) is 2. The third-order valence-corrected chi connectivity index (χ3v) is 3.06. The molecule has 110 valence electrons. The van der Waals surface area contributed by atoms with Gasteiger partial charge in [0, 0.05) is 31.0 Å². The monoisotopic (exact) mass is 287 g/mol. The predicted octanol–water partition coefficient (Wildman–Crippen LogP) is 2.14. The van der Waals surface area contributed by atoms with Gasteiger partial charge in [-0.25, -0.2) is 9.50 Å². The van der Waals surface area contributed by atoms with Crippen molar-refractivity contribution in [3.8, 4) is 0 Å². The van der Waals surface area contributed by atoms with Crippen molar-refractivity contribution in [1.29, 1.82) is 0 Å². The fourth-order valence-corrected chi connectivity index (χ4v) is 1.85. The average molecular weight is 287 g/mol. The van der Waals surface area contributed by atoms with Crippen LogP contribution in [-0.2, 0) is 6.18 Å². The Labute approximate surface area is 114 Å². The first-order valence-electron chi connectivity index (χ1n) is 6.21. The highest BCUT2D eigenvalue weighted by atomic mass is 19.4. The highest BCUT2D eigenvalue weighted by molar-refractivity contribution is 5.68. The molecule has 2 rings (SSSR count). The van der Waals surface area contributed by atoms with Gasteiger partial charge in [-0.2, -0.15) is 18.3 Å². The van der Waals surface area contributed by atoms with Crippen molar-refractivity contribution in [2.24, 2.45) is 11.7 Å². The lowest BCUT2D eigenvalue weighted by Crippen LogP contribution is -2.34. The average Bonchev–Trinajstić information content (AvgIpc) is 2.79. The van der Waals surface area contributed by atoms with Crippen LogP contribution in [0, 0.1) is 5.92 Å². The van der Waals surface area contributed by atoms with Gasteiger partial charge in [0.05, 0.1) is 0 Å². The maximum atomic E-state index is 12.7. The van der Waals surface area contributed by atoms with Gasteiger partial charge in [0.2, 0.25) is 0 Å². The summed E-state index contributed by atoms with van der Waals surface area (Å²) in [6, 6.07) is 0.904. The summed E-state index contributed by atoms with van der Waals surface area (Å²) in [5.41, 5.74) is 4.98. The van der Waals surface area contributed by atoms with Crippen LogP contribution in [0.5, 0.6) is 0 Å². The third-order valence-electron chi connectivity index (χ3n) is 3.06. The second kappa shape index (κ2) is 5.28. The Balaban J connectivity index is 2.41. The van der Waals surface area contributed by atoms with Crippen LogP contribution >= 0.6 is 0 Å². The summed E-state index contributed by atoms with van der Waals surface area (Å²) in [6.07, 6.45) is -1.70. The largest absolute Gasteiger partial charge is 0.435 e. The Hall–Kier alpha value is -1.83. The van der Waals surface area contributed by atoms with E-state index >= 15 is 0 Å². The van der Waals surface area contributed by atoms with Crippen molar-refractivity contribution in [2.45, 2.75) is 26.1 Å². The normalized spacial score (nSPS) is 13.9. The molecule has 1 unspecified atom stereocenters. The van der Waals surface area contributed by atoms with Crippen molar-refractivity contribution >= 4 is 11.3 Å². The Morgan fingerprint density at radius 3 is 2.65 bits per heavy atom. The van der Waals surface area contributed by atoms with Gasteiger partial charge >= 0.3 is 6.18 Å². The lowest BCUT2D eigenvalue weighted by Gasteiger charge is -2.21. The second-order valence-electron chi connectivity index (χ2n) is 4.86. The molecule has 2 aromatic rings. The highest BCUT2D eigenvalue weighted by Gasteiger charge is 2.34. The first-order chi connectivity index (χ1) is 9.32. The number of nitrogens with one attached hydrogen (secondary N) is 1. The molecule has 2 aromatic heterocycles. The summed E-state index contributed by atoms with van der Waals surface area (Å²) < 4.78 is 39.2. The lowest BCUT2D eigenvalue weighted by atomic mass is 10.1. The van der Waals surface area contributed by atoms with Crippen LogP contribution in [0.25, 0.3) is 5.52 Å². The molecule has 0 saturated carbocycles. The minimum Gasteiger partial charge on any atom is -0.364 e. The number of nitrogens with two attached hydrogens (primary N) is 1. The molecule has 3 N–H and O–H groups in total. The van der Waals surface area contributed by atoms with Gasteiger partial charge in [-0.05, 0) is 5.92 Å². The Morgan fingerprint density at radius 1 is 1.40 bits per heavy atom. The number of alkyl halides is 3. The van der Waals surface area contributed by atoms with E-state index < -0.39 is 11.9 Å². The number of halogens is 3. The van der Waals surface area contributed by atoms with Crippen molar-refractivity contribution in [1.82, 2.24) is 14.6 Å². The van der Waals surface area contributed by atoms with Crippen molar-refractivity contribution < 1.29 is 13.2 Å². The van der Waals surface area contributed by atoms with E-state index in [-0.39, 0.29) is 17.5 Å². The van der Waals surface area contributed by atoms with Gasteiger partial charge in [-0.15, -0.1) is 0 Å². The zero-order valence-corrected chi connectivity index (χ0v) is 11.1. The lowest BCUT2D eigenvalue weighted by molar-refractivity contribution is -0.141. The number of nitrogens with zero attached hydrogens (tertiary/aromatic N) is 3. The molecule has 0 bridgehead atoms. The number of hydrogen-bond acceptors (Lipinski definition) is 4. The van der Waals surface area contributed by atoms with Crippen LogP contribution in [0.15, 0.2) is 18.5 Å². The summed E-state index contributed by atoms with van der Waals surface area (Å²) in [6.45, 7) is 4.31.